The molecule has 0 heterocycles. The molecule has 1 fully saturated rings. The van der Waals surface area contributed by atoms with Gasteiger partial charge in [0.25, 0.3) is 0 Å². The van der Waals surface area contributed by atoms with Crippen LogP contribution in [0.3, 0.4) is 0 Å². The second-order valence-electron chi connectivity index (χ2n) is 7.36. The minimum Gasteiger partial charge on any atom is -0.493 e. The fraction of sp³-hybridized carbons (Fsp3) is 0.579. The fourth-order valence-corrected chi connectivity index (χ4v) is 3.45. The predicted octanol–water partition coefficient (Wildman–Crippen LogP) is 2.36. The van der Waals surface area contributed by atoms with Crippen molar-refractivity contribution in [3.63, 3.8) is 0 Å². The molecular formula is C19H27NO5. The minimum absolute atomic E-state index is 0.170. The maximum Gasteiger partial charge on any atom is 0.307 e. The topological polar surface area (TPSA) is 84.9 Å². The summed E-state index contributed by atoms with van der Waals surface area (Å²) in [6.07, 6.45) is 0.775. The number of aliphatic carboxylic acids is 1. The first-order valence-corrected chi connectivity index (χ1v) is 8.43. The highest BCUT2D eigenvalue weighted by Gasteiger charge is 2.65. The Morgan fingerprint density at radius 3 is 2.36 bits per heavy atom. The van der Waals surface area contributed by atoms with Crippen LogP contribution in [0.25, 0.3) is 0 Å². The van der Waals surface area contributed by atoms with Gasteiger partial charge in [-0.3, -0.25) is 9.59 Å². The number of carbonyl (C=O) groups is 2. The number of hydrogen-bond donors (Lipinski definition) is 2. The molecule has 6 nitrogen and oxygen atoms in total. The Morgan fingerprint density at radius 1 is 1.20 bits per heavy atom. The summed E-state index contributed by atoms with van der Waals surface area (Å²) in [5.41, 5.74) is 0.622. The van der Waals surface area contributed by atoms with E-state index in [-0.39, 0.29) is 11.8 Å². The van der Waals surface area contributed by atoms with Crippen LogP contribution >= 0.6 is 0 Å². The summed E-state index contributed by atoms with van der Waals surface area (Å²) in [5.74, 6) is -0.526. The highest BCUT2D eigenvalue weighted by Crippen LogP contribution is 2.58. The fourth-order valence-electron chi connectivity index (χ4n) is 3.45. The highest BCUT2D eigenvalue weighted by molar-refractivity contribution is 5.91. The van der Waals surface area contributed by atoms with Crippen molar-refractivity contribution in [2.24, 2.45) is 23.2 Å². The molecule has 1 saturated carbocycles. The van der Waals surface area contributed by atoms with E-state index in [0.29, 0.717) is 18.0 Å². The molecular weight excluding hydrogens is 322 g/mol. The van der Waals surface area contributed by atoms with Crippen LogP contribution in [-0.2, 0) is 16.0 Å². The van der Waals surface area contributed by atoms with Gasteiger partial charge in [-0.15, -0.1) is 0 Å². The second-order valence-corrected chi connectivity index (χ2v) is 7.36. The summed E-state index contributed by atoms with van der Waals surface area (Å²) in [5, 5.41) is 12.1. The molecule has 0 spiro atoms. The molecule has 138 valence electrons. The van der Waals surface area contributed by atoms with Crippen LogP contribution in [0.2, 0.25) is 0 Å². The number of carbonyl (C=O) groups excluding carboxylic acids is 1. The summed E-state index contributed by atoms with van der Waals surface area (Å²) in [6, 6.07) is 5.77. The maximum absolute atomic E-state index is 12.3. The van der Waals surface area contributed by atoms with E-state index >= 15 is 0 Å². The number of benzene rings is 1. The van der Waals surface area contributed by atoms with Crippen LogP contribution in [0.4, 0.5) is 0 Å². The quantitative estimate of drug-likeness (QED) is 0.752. The molecule has 1 amide bonds. The molecule has 1 aromatic carbocycles. The molecule has 0 radical (unpaired) electrons. The van der Waals surface area contributed by atoms with E-state index in [2.05, 4.69) is 5.32 Å². The molecule has 3 atom stereocenters. The average Bonchev–Trinajstić information content (AvgIpc) is 3.15. The SMILES string of the molecule is COc1ccc(CC(C)CNC(=O)[C@@H]2[C@H](C(=O)O)C2(C)C)cc1OC. The minimum atomic E-state index is -0.900. The van der Waals surface area contributed by atoms with Crippen LogP contribution in [0, 0.1) is 23.2 Å². The Kier molecular flexibility index (Phi) is 5.60. The van der Waals surface area contributed by atoms with Gasteiger partial charge in [-0.1, -0.05) is 26.8 Å². The van der Waals surface area contributed by atoms with Crippen molar-refractivity contribution >= 4 is 11.9 Å². The largest absolute Gasteiger partial charge is 0.493 e. The van der Waals surface area contributed by atoms with E-state index in [0.717, 1.165) is 12.0 Å². The Morgan fingerprint density at radius 2 is 1.84 bits per heavy atom. The van der Waals surface area contributed by atoms with Gasteiger partial charge in [0.15, 0.2) is 11.5 Å². The molecule has 1 unspecified atom stereocenters. The summed E-state index contributed by atoms with van der Waals surface area (Å²) in [7, 11) is 3.20. The van der Waals surface area contributed by atoms with E-state index < -0.39 is 23.2 Å². The first-order valence-electron chi connectivity index (χ1n) is 8.43. The highest BCUT2D eigenvalue weighted by atomic mass is 16.5. The van der Waals surface area contributed by atoms with Gasteiger partial charge in [-0.05, 0) is 35.4 Å². The molecule has 25 heavy (non-hydrogen) atoms. The molecule has 1 aromatic rings. The predicted molar refractivity (Wildman–Crippen MR) is 93.8 cm³/mol. The van der Waals surface area contributed by atoms with Crippen molar-refractivity contribution in [3.8, 4) is 11.5 Å². The molecule has 0 aromatic heterocycles. The number of amides is 1. The lowest BCUT2D eigenvalue weighted by Gasteiger charge is -2.15. The standard InChI is InChI=1S/C19H27NO5/c1-11(8-12-6-7-13(24-4)14(9-12)25-5)10-20-17(21)15-16(18(22)23)19(15,2)3/h6-7,9,11,15-16H,8,10H2,1-5H3,(H,20,21)(H,22,23)/t11?,15-,16+/m0/s1. The van der Waals surface area contributed by atoms with E-state index in [9.17, 15) is 14.7 Å². The normalized spacial score (nSPS) is 22.0. The first-order chi connectivity index (χ1) is 11.7. The molecule has 2 rings (SSSR count). The molecule has 0 saturated heterocycles. The molecule has 1 aliphatic rings. The van der Waals surface area contributed by atoms with Crippen LogP contribution in [0.1, 0.15) is 26.3 Å². The third-order valence-corrected chi connectivity index (χ3v) is 5.03. The van der Waals surface area contributed by atoms with E-state index in [1.807, 2.05) is 39.0 Å². The number of methoxy groups -OCH3 is 2. The number of carboxylic acid groups (broad SMARTS) is 1. The van der Waals surface area contributed by atoms with Gasteiger partial charge < -0.3 is 19.9 Å². The van der Waals surface area contributed by atoms with E-state index in [1.54, 1.807) is 14.2 Å². The van der Waals surface area contributed by atoms with Gasteiger partial charge in [-0.2, -0.15) is 0 Å². The van der Waals surface area contributed by atoms with Crippen molar-refractivity contribution in [2.75, 3.05) is 20.8 Å². The lowest BCUT2D eigenvalue weighted by Crippen LogP contribution is -2.31. The van der Waals surface area contributed by atoms with Crippen LogP contribution in [0.15, 0.2) is 18.2 Å². The monoisotopic (exact) mass is 349 g/mol. The number of carboxylic acids is 1. The van der Waals surface area contributed by atoms with E-state index in [1.165, 1.54) is 0 Å². The zero-order valence-corrected chi connectivity index (χ0v) is 15.5. The van der Waals surface area contributed by atoms with Crippen LogP contribution in [0.5, 0.6) is 11.5 Å². The van der Waals surface area contributed by atoms with Crippen molar-refractivity contribution < 1.29 is 24.2 Å². The van der Waals surface area contributed by atoms with Gasteiger partial charge in [-0.25, -0.2) is 0 Å². The maximum atomic E-state index is 12.3. The van der Waals surface area contributed by atoms with Gasteiger partial charge in [0.2, 0.25) is 5.91 Å². The van der Waals surface area contributed by atoms with Crippen LogP contribution < -0.4 is 14.8 Å². The summed E-state index contributed by atoms with van der Waals surface area (Å²) in [4.78, 5) is 23.4. The molecule has 6 heteroatoms. The summed E-state index contributed by atoms with van der Waals surface area (Å²) in [6.45, 7) is 6.20. The molecule has 0 aliphatic heterocycles. The molecule has 2 N–H and O–H groups in total. The zero-order valence-electron chi connectivity index (χ0n) is 15.5. The lowest BCUT2D eigenvalue weighted by atomic mass is 10.0. The Labute approximate surface area is 148 Å². The Balaban J connectivity index is 1.88. The molecule has 1 aliphatic carbocycles. The zero-order chi connectivity index (χ0) is 18.8. The number of hydrogen-bond acceptors (Lipinski definition) is 4. The first kappa shape index (κ1) is 19.1. The van der Waals surface area contributed by atoms with Gasteiger partial charge in [0.1, 0.15) is 0 Å². The van der Waals surface area contributed by atoms with E-state index in [4.69, 9.17) is 9.47 Å². The second kappa shape index (κ2) is 7.33. The van der Waals surface area contributed by atoms with Gasteiger partial charge in [0.05, 0.1) is 26.1 Å². The third-order valence-electron chi connectivity index (χ3n) is 5.03. The van der Waals surface area contributed by atoms with Crippen molar-refractivity contribution in [1.29, 1.82) is 0 Å². The third kappa shape index (κ3) is 4.06. The molecule has 0 bridgehead atoms. The van der Waals surface area contributed by atoms with Gasteiger partial charge in [0, 0.05) is 6.54 Å². The number of nitrogens with one attached hydrogen (secondary N) is 1. The number of ether oxygens (including phenoxy) is 2. The number of rotatable bonds is 8. The van der Waals surface area contributed by atoms with Gasteiger partial charge >= 0.3 is 5.97 Å². The lowest BCUT2D eigenvalue weighted by molar-refractivity contribution is -0.140. The van der Waals surface area contributed by atoms with Crippen molar-refractivity contribution in [1.82, 2.24) is 5.32 Å². The van der Waals surface area contributed by atoms with Crippen molar-refractivity contribution in [3.05, 3.63) is 23.8 Å². The summed E-state index contributed by atoms with van der Waals surface area (Å²) < 4.78 is 10.5. The summed E-state index contributed by atoms with van der Waals surface area (Å²) >= 11 is 0. The van der Waals surface area contributed by atoms with Crippen LogP contribution in [-0.4, -0.2) is 37.7 Å². The smallest absolute Gasteiger partial charge is 0.307 e. The average molecular weight is 349 g/mol. The Hall–Kier alpha value is -2.24. The Bertz CT molecular complexity index is 655. The van der Waals surface area contributed by atoms with Crippen molar-refractivity contribution in [2.45, 2.75) is 27.2 Å².